The molecule has 3 nitrogen and oxygen atoms in total. The Morgan fingerprint density at radius 2 is 2.36 bits per heavy atom. The first kappa shape index (κ1) is 9.89. The Balaban J connectivity index is 2.38. The van der Waals surface area contributed by atoms with Gasteiger partial charge in [0.1, 0.15) is 0 Å². The van der Waals surface area contributed by atoms with Crippen molar-refractivity contribution in [3.05, 3.63) is 38.8 Å². The van der Waals surface area contributed by atoms with Crippen molar-refractivity contribution in [3.8, 4) is 0 Å². The highest BCUT2D eigenvalue weighted by molar-refractivity contribution is 9.10. The molecule has 2 N–H and O–H groups in total. The molecule has 1 atom stereocenters. The van der Waals surface area contributed by atoms with Gasteiger partial charge in [0.2, 0.25) is 0 Å². The SMILES string of the molecule is Cn1nccc1C(N)c1cscc1Br. The third-order valence-corrected chi connectivity index (χ3v) is 3.91. The number of aryl methyl sites for hydroxylation is 1. The van der Waals surface area contributed by atoms with E-state index in [-0.39, 0.29) is 6.04 Å². The van der Waals surface area contributed by atoms with Crippen molar-refractivity contribution in [2.75, 3.05) is 0 Å². The van der Waals surface area contributed by atoms with Gasteiger partial charge in [-0.1, -0.05) is 0 Å². The third-order valence-electron chi connectivity index (χ3n) is 2.15. The first-order valence-electron chi connectivity index (χ1n) is 4.15. The van der Waals surface area contributed by atoms with Crippen LogP contribution in [0.1, 0.15) is 17.3 Å². The predicted octanol–water partition coefficient (Wildman–Crippen LogP) is 2.29. The molecule has 5 heteroatoms. The van der Waals surface area contributed by atoms with Gasteiger partial charge in [0.15, 0.2) is 0 Å². The van der Waals surface area contributed by atoms with Gasteiger partial charge in [-0.2, -0.15) is 16.4 Å². The maximum absolute atomic E-state index is 6.12. The molecule has 74 valence electrons. The van der Waals surface area contributed by atoms with E-state index < -0.39 is 0 Å². The van der Waals surface area contributed by atoms with Crippen molar-refractivity contribution < 1.29 is 0 Å². The van der Waals surface area contributed by atoms with E-state index in [1.54, 1.807) is 22.2 Å². The highest BCUT2D eigenvalue weighted by Crippen LogP contribution is 2.29. The number of hydrogen-bond acceptors (Lipinski definition) is 3. The zero-order valence-corrected chi connectivity index (χ0v) is 10.0. The van der Waals surface area contributed by atoms with Crippen LogP contribution in [-0.4, -0.2) is 9.78 Å². The monoisotopic (exact) mass is 271 g/mol. The van der Waals surface area contributed by atoms with Crippen molar-refractivity contribution in [2.45, 2.75) is 6.04 Å². The van der Waals surface area contributed by atoms with Crippen LogP contribution in [-0.2, 0) is 7.05 Å². The van der Waals surface area contributed by atoms with Gasteiger partial charge in [-0.3, -0.25) is 4.68 Å². The van der Waals surface area contributed by atoms with Gasteiger partial charge >= 0.3 is 0 Å². The van der Waals surface area contributed by atoms with Gasteiger partial charge in [0, 0.05) is 23.1 Å². The largest absolute Gasteiger partial charge is 0.319 e. The summed E-state index contributed by atoms with van der Waals surface area (Å²) in [5, 5.41) is 8.19. The summed E-state index contributed by atoms with van der Waals surface area (Å²) >= 11 is 5.12. The van der Waals surface area contributed by atoms with E-state index in [0.717, 1.165) is 15.7 Å². The standard InChI is InChI=1S/C9H10BrN3S/c1-13-8(2-3-12-13)9(11)6-4-14-5-7(6)10/h2-5,9H,11H2,1H3. The van der Waals surface area contributed by atoms with Crippen LogP contribution in [0.25, 0.3) is 0 Å². The molecule has 0 saturated heterocycles. The van der Waals surface area contributed by atoms with Gasteiger partial charge in [0.05, 0.1) is 11.7 Å². The molecule has 0 amide bonds. The van der Waals surface area contributed by atoms with Gasteiger partial charge < -0.3 is 5.73 Å². The Labute approximate surface area is 94.7 Å². The van der Waals surface area contributed by atoms with E-state index >= 15 is 0 Å². The summed E-state index contributed by atoms with van der Waals surface area (Å²) in [4.78, 5) is 0. The number of nitrogens with two attached hydrogens (primary N) is 1. The number of aromatic nitrogens is 2. The minimum atomic E-state index is -0.108. The van der Waals surface area contributed by atoms with Crippen LogP contribution in [0, 0.1) is 0 Å². The highest BCUT2D eigenvalue weighted by atomic mass is 79.9. The summed E-state index contributed by atoms with van der Waals surface area (Å²) in [6.07, 6.45) is 1.76. The smallest absolute Gasteiger partial charge is 0.0742 e. The van der Waals surface area contributed by atoms with Crippen molar-refractivity contribution in [3.63, 3.8) is 0 Å². The maximum Gasteiger partial charge on any atom is 0.0742 e. The van der Waals surface area contributed by atoms with Gasteiger partial charge in [0.25, 0.3) is 0 Å². The summed E-state index contributed by atoms with van der Waals surface area (Å²) < 4.78 is 2.87. The summed E-state index contributed by atoms with van der Waals surface area (Å²) in [5.41, 5.74) is 8.25. The first-order chi connectivity index (χ1) is 6.70. The van der Waals surface area contributed by atoms with E-state index in [4.69, 9.17) is 5.73 Å². The molecule has 0 aliphatic carbocycles. The van der Waals surface area contributed by atoms with E-state index in [0.29, 0.717) is 0 Å². The number of thiophene rings is 1. The maximum atomic E-state index is 6.12. The Kier molecular flexibility index (Phi) is 2.71. The van der Waals surface area contributed by atoms with Gasteiger partial charge in [-0.05, 0) is 32.9 Å². The zero-order valence-electron chi connectivity index (χ0n) is 7.64. The summed E-state index contributed by atoms with van der Waals surface area (Å²) in [7, 11) is 1.90. The lowest BCUT2D eigenvalue weighted by Gasteiger charge is -2.11. The average molecular weight is 272 g/mol. The zero-order chi connectivity index (χ0) is 10.1. The highest BCUT2D eigenvalue weighted by Gasteiger charge is 2.15. The molecule has 2 rings (SSSR count). The molecule has 0 fully saturated rings. The summed E-state index contributed by atoms with van der Waals surface area (Å²) in [6, 6.07) is 1.83. The Morgan fingerprint density at radius 1 is 1.57 bits per heavy atom. The van der Waals surface area contributed by atoms with Crippen LogP contribution < -0.4 is 5.73 Å². The molecular weight excluding hydrogens is 262 g/mol. The lowest BCUT2D eigenvalue weighted by molar-refractivity contribution is 0.673. The van der Waals surface area contributed by atoms with E-state index in [2.05, 4.69) is 26.4 Å². The van der Waals surface area contributed by atoms with Crippen molar-refractivity contribution in [1.82, 2.24) is 9.78 Å². The van der Waals surface area contributed by atoms with E-state index in [9.17, 15) is 0 Å². The van der Waals surface area contributed by atoms with Crippen molar-refractivity contribution >= 4 is 27.3 Å². The minimum absolute atomic E-state index is 0.108. The molecule has 2 aromatic heterocycles. The molecule has 0 saturated carbocycles. The van der Waals surface area contributed by atoms with Crippen molar-refractivity contribution in [2.24, 2.45) is 12.8 Å². The molecule has 0 aliphatic heterocycles. The van der Waals surface area contributed by atoms with Crippen LogP contribution >= 0.6 is 27.3 Å². The Morgan fingerprint density at radius 3 is 2.86 bits per heavy atom. The quantitative estimate of drug-likeness (QED) is 0.911. The normalized spacial score (nSPS) is 13.1. The molecule has 1 unspecified atom stereocenters. The van der Waals surface area contributed by atoms with E-state index in [1.807, 2.05) is 18.5 Å². The third kappa shape index (κ3) is 1.63. The second-order valence-electron chi connectivity index (χ2n) is 3.03. The van der Waals surface area contributed by atoms with Crippen LogP contribution in [0.15, 0.2) is 27.5 Å². The predicted molar refractivity (Wildman–Crippen MR) is 61.3 cm³/mol. The topological polar surface area (TPSA) is 43.8 Å². The van der Waals surface area contributed by atoms with Gasteiger partial charge in [-0.25, -0.2) is 0 Å². The number of nitrogens with zero attached hydrogens (tertiary/aromatic N) is 2. The minimum Gasteiger partial charge on any atom is -0.319 e. The Bertz CT molecular complexity index is 394. The number of hydrogen-bond donors (Lipinski definition) is 1. The summed E-state index contributed by atoms with van der Waals surface area (Å²) in [5.74, 6) is 0. The number of halogens is 1. The molecule has 0 bridgehead atoms. The summed E-state index contributed by atoms with van der Waals surface area (Å²) in [6.45, 7) is 0. The van der Waals surface area contributed by atoms with E-state index in [1.165, 1.54) is 0 Å². The molecule has 0 spiro atoms. The fourth-order valence-corrected chi connectivity index (χ4v) is 2.94. The molecule has 0 aliphatic rings. The molecular formula is C9H10BrN3S. The molecule has 2 aromatic rings. The average Bonchev–Trinajstić information content (AvgIpc) is 2.73. The lowest BCUT2D eigenvalue weighted by Crippen LogP contribution is -2.15. The fourth-order valence-electron chi connectivity index (χ4n) is 1.36. The molecule has 14 heavy (non-hydrogen) atoms. The molecule has 2 heterocycles. The number of rotatable bonds is 2. The molecule has 0 radical (unpaired) electrons. The van der Waals surface area contributed by atoms with Crippen LogP contribution in [0.3, 0.4) is 0 Å². The van der Waals surface area contributed by atoms with Crippen LogP contribution in [0.4, 0.5) is 0 Å². The lowest BCUT2D eigenvalue weighted by atomic mass is 10.1. The van der Waals surface area contributed by atoms with Crippen LogP contribution in [0.5, 0.6) is 0 Å². The van der Waals surface area contributed by atoms with Crippen molar-refractivity contribution in [1.29, 1.82) is 0 Å². The second kappa shape index (κ2) is 3.84. The Hall–Kier alpha value is -0.650. The van der Waals surface area contributed by atoms with Crippen LogP contribution in [0.2, 0.25) is 0 Å². The van der Waals surface area contributed by atoms with Gasteiger partial charge in [-0.15, -0.1) is 0 Å². The first-order valence-corrected chi connectivity index (χ1v) is 5.89. The second-order valence-corrected chi connectivity index (χ2v) is 4.63. The fraction of sp³-hybridized carbons (Fsp3) is 0.222. The molecule has 0 aromatic carbocycles.